The summed E-state index contributed by atoms with van der Waals surface area (Å²) in [6.45, 7) is 7.75. The van der Waals surface area contributed by atoms with E-state index in [0.29, 0.717) is 5.16 Å². The van der Waals surface area contributed by atoms with Crippen molar-refractivity contribution < 1.29 is 9.53 Å². The van der Waals surface area contributed by atoms with Crippen molar-refractivity contribution in [2.24, 2.45) is 0 Å². The number of hydrogen-bond donors (Lipinski definition) is 0. The van der Waals surface area contributed by atoms with E-state index in [0.717, 1.165) is 0 Å². The van der Waals surface area contributed by atoms with E-state index in [1.807, 2.05) is 20.8 Å². The molecule has 1 rings (SSSR count). The Morgan fingerprint density at radius 3 is 2.62 bits per heavy atom. The van der Waals surface area contributed by atoms with Gasteiger partial charge in [-0.1, -0.05) is 11.8 Å². The lowest BCUT2D eigenvalue weighted by Crippen LogP contribution is -2.25. The maximum Gasteiger partial charge on any atom is 0.318 e. The highest BCUT2D eigenvalue weighted by Gasteiger charge is 2.24. The molecular weight excluding hydrogens is 228 g/mol. The molecule has 1 heterocycles. The van der Waals surface area contributed by atoms with Crippen LogP contribution in [-0.2, 0) is 15.1 Å². The second-order valence-electron chi connectivity index (χ2n) is 4.33. The monoisotopic (exact) mass is 244 g/mol. The number of carbonyl (C=O) groups excluding carboxylic acids is 1. The number of methoxy groups -OCH3 is 1. The van der Waals surface area contributed by atoms with Crippen molar-refractivity contribution in [2.75, 3.05) is 7.11 Å². The number of esters is 1. The van der Waals surface area contributed by atoms with Crippen LogP contribution < -0.4 is 0 Å². The largest absolute Gasteiger partial charge is 0.468 e. The molecule has 1 atom stereocenters. The van der Waals surface area contributed by atoms with Gasteiger partial charge >= 0.3 is 5.97 Å². The average molecular weight is 244 g/mol. The van der Waals surface area contributed by atoms with Gasteiger partial charge in [0.05, 0.1) is 12.6 Å². The standard InChI is InChI=1S/C9H16N4O2S/c1-6(7(14)15-5)16-8-10-11-12-13(8)9(2,3)4/h6H,1-5H3. The third kappa shape index (κ3) is 2.94. The van der Waals surface area contributed by atoms with Gasteiger partial charge in [-0.25, -0.2) is 4.68 Å². The molecule has 0 aliphatic rings. The number of thioether (sulfide) groups is 1. The minimum atomic E-state index is -0.322. The fourth-order valence-corrected chi connectivity index (χ4v) is 2.05. The van der Waals surface area contributed by atoms with Gasteiger partial charge in [0.15, 0.2) is 0 Å². The molecule has 0 aromatic carbocycles. The van der Waals surface area contributed by atoms with Crippen LogP contribution in [0.25, 0.3) is 0 Å². The molecule has 0 fully saturated rings. The van der Waals surface area contributed by atoms with Crippen molar-refractivity contribution in [3.8, 4) is 0 Å². The molecule has 16 heavy (non-hydrogen) atoms. The lowest BCUT2D eigenvalue weighted by atomic mass is 10.1. The summed E-state index contributed by atoms with van der Waals surface area (Å²) in [6.07, 6.45) is 0. The zero-order valence-electron chi connectivity index (χ0n) is 10.1. The van der Waals surface area contributed by atoms with Crippen molar-refractivity contribution in [3.05, 3.63) is 0 Å². The van der Waals surface area contributed by atoms with E-state index in [1.54, 1.807) is 11.6 Å². The van der Waals surface area contributed by atoms with Crippen LogP contribution in [0.5, 0.6) is 0 Å². The summed E-state index contributed by atoms with van der Waals surface area (Å²) >= 11 is 1.29. The molecule has 6 nitrogen and oxygen atoms in total. The summed E-state index contributed by atoms with van der Waals surface area (Å²) in [5.74, 6) is -0.284. The smallest absolute Gasteiger partial charge is 0.318 e. The van der Waals surface area contributed by atoms with Gasteiger partial charge in [-0.2, -0.15) is 0 Å². The third-order valence-electron chi connectivity index (χ3n) is 1.89. The highest BCUT2D eigenvalue weighted by Crippen LogP contribution is 2.25. The van der Waals surface area contributed by atoms with Gasteiger partial charge in [-0.3, -0.25) is 4.79 Å². The first kappa shape index (κ1) is 13.0. The Morgan fingerprint density at radius 2 is 2.12 bits per heavy atom. The van der Waals surface area contributed by atoms with Crippen LogP contribution in [0.15, 0.2) is 5.16 Å². The number of aromatic nitrogens is 4. The topological polar surface area (TPSA) is 69.9 Å². The normalized spacial score (nSPS) is 13.6. The van der Waals surface area contributed by atoms with Crippen molar-refractivity contribution in [3.63, 3.8) is 0 Å². The van der Waals surface area contributed by atoms with Crippen LogP contribution in [-0.4, -0.2) is 38.5 Å². The predicted molar refractivity (Wildman–Crippen MR) is 60.1 cm³/mol. The van der Waals surface area contributed by atoms with Crippen LogP contribution in [0, 0.1) is 0 Å². The minimum absolute atomic E-state index is 0.207. The molecule has 0 radical (unpaired) electrons. The number of nitrogens with zero attached hydrogens (tertiary/aromatic N) is 4. The molecule has 90 valence electrons. The predicted octanol–water partition coefficient (Wildman–Crippen LogP) is 1.08. The molecule has 0 bridgehead atoms. The van der Waals surface area contributed by atoms with E-state index < -0.39 is 0 Å². The summed E-state index contributed by atoms with van der Waals surface area (Å²) in [7, 11) is 1.37. The van der Waals surface area contributed by atoms with Crippen molar-refractivity contribution in [1.29, 1.82) is 0 Å². The molecule has 0 saturated heterocycles. The Bertz CT molecular complexity index is 372. The van der Waals surface area contributed by atoms with Crippen LogP contribution in [0.4, 0.5) is 0 Å². The van der Waals surface area contributed by atoms with Gasteiger partial charge in [0, 0.05) is 0 Å². The van der Waals surface area contributed by atoms with Crippen LogP contribution in [0.3, 0.4) is 0 Å². The van der Waals surface area contributed by atoms with E-state index in [9.17, 15) is 4.79 Å². The number of tetrazole rings is 1. The Balaban J connectivity index is 2.83. The van der Waals surface area contributed by atoms with E-state index in [2.05, 4.69) is 20.3 Å². The Hall–Kier alpha value is -1.11. The van der Waals surface area contributed by atoms with Gasteiger partial charge < -0.3 is 4.74 Å². The number of hydrogen-bond acceptors (Lipinski definition) is 6. The quantitative estimate of drug-likeness (QED) is 0.585. The van der Waals surface area contributed by atoms with E-state index in [-0.39, 0.29) is 16.8 Å². The molecule has 0 saturated carbocycles. The molecule has 1 aromatic heterocycles. The highest BCUT2D eigenvalue weighted by molar-refractivity contribution is 8.00. The summed E-state index contributed by atoms with van der Waals surface area (Å²) < 4.78 is 6.34. The molecule has 0 amide bonds. The summed E-state index contributed by atoms with van der Waals surface area (Å²) in [5.41, 5.74) is -0.207. The molecule has 1 unspecified atom stereocenters. The Kier molecular flexibility index (Phi) is 3.90. The van der Waals surface area contributed by atoms with Gasteiger partial charge in [0.25, 0.3) is 0 Å². The first-order valence-electron chi connectivity index (χ1n) is 4.89. The first-order valence-corrected chi connectivity index (χ1v) is 5.77. The van der Waals surface area contributed by atoms with Crippen LogP contribution in [0.1, 0.15) is 27.7 Å². The Labute approximate surface area is 98.7 Å². The minimum Gasteiger partial charge on any atom is -0.468 e. The maximum absolute atomic E-state index is 11.3. The SMILES string of the molecule is COC(=O)C(C)Sc1nnnn1C(C)(C)C. The summed E-state index contributed by atoms with van der Waals surface area (Å²) in [6, 6.07) is 0. The zero-order chi connectivity index (χ0) is 12.3. The number of rotatable bonds is 3. The van der Waals surface area contributed by atoms with Crippen LogP contribution >= 0.6 is 11.8 Å². The molecule has 0 aliphatic carbocycles. The molecule has 1 aromatic rings. The lowest BCUT2D eigenvalue weighted by molar-refractivity contribution is -0.139. The first-order chi connectivity index (χ1) is 7.36. The average Bonchev–Trinajstić information content (AvgIpc) is 2.63. The van der Waals surface area contributed by atoms with Crippen molar-refractivity contribution in [1.82, 2.24) is 20.2 Å². The molecule has 0 aliphatic heterocycles. The van der Waals surface area contributed by atoms with Crippen molar-refractivity contribution in [2.45, 2.75) is 43.6 Å². The van der Waals surface area contributed by atoms with Gasteiger partial charge in [0.1, 0.15) is 5.25 Å². The number of carbonyl (C=O) groups is 1. The van der Waals surface area contributed by atoms with Gasteiger partial charge in [-0.05, 0) is 38.1 Å². The van der Waals surface area contributed by atoms with Gasteiger partial charge in [0.2, 0.25) is 5.16 Å². The second-order valence-corrected chi connectivity index (χ2v) is 5.64. The molecule has 7 heteroatoms. The van der Waals surface area contributed by atoms with Gasteiger partial charge in [-0.15, -0.1) is 5.10 Å². The molecule has 0 N–H and O–H groups in total. The molecular formula is C9H16N4O2S. The third-order valence-corrected chi connectivity index (χ3v) is 2.90. The highest BCUT2D eigenvalue weighted by atomic mass is 32.2. The fraction of sp³-hybridized carbons (Fsp3) is 0.778. The lowest BCUT2D eigenvalue weighted by Gasteiger charge is -2.20. The fourth-order valence-electron chi connectivity index (χ4n) is 1.05. The van der Waals surface area contributed by atoms with E-state index in [1.165, 1.54) is 18.9 Å². The van der Waals surface area contributed by atoms with Crippen LogP contribution in [0.2, 0.25) is 0 Å². The van der Waals surface area contributed by atoms with E-state index in [4.69, 9.17) is 0 Å². The van der Waals surface area contributed by atoms with E-state index >= 15 is 0 Å². The number of ether oxygens (including phenoxy) is 1. The van der Waals surface area contributed by atoms with Crippen molar-refractivity contribution >= 4 is 17.7 Å². The second kappa shape index (κ2) is 4.82. The zero-order valence-corrected chi connectivity index (χ0v) is 10.9. The maximum atomic E-state index is 11.3. The summed E-state index contributed by atoms with van der Waals surface area (Å²) in [5, 5.41) is 11.7. The Morgan fingerprint density at radius 1 is 1.50 bits per heavy atom. The summed E-state index contributed by atoms with van der Waals surface area (Å²) in [4.78, 5) is 11.3. The molecule has 0 spiro atoms.